The summed E-state index contributed by atoms with van der Waals surface area (Å²) >= 11 is 0. The Kier molecular flexibility index (Phi) is 29.5. The minimum atomic E-state index is -0.677. The molecule has 0 unspecified atom stereocenters. The molecule has 0 atom stereocenters. The van der Waals surface area contributed by atoms with Crippen molar-refractivity contribution < 1.29 is 67.7 Å². The lowest BCUT2D eigenvalue weighted by atomic mass is 9.92. The zero-order chi connectivity index (χ0) is 60.3. The number of amidine groups is 4. The Bertz CT molecular complexity index is 2540. The maximum atomic E-state index is 11.7. The number of oxime groups is 4. The smallest absolute Gasteiger partial charge is 0.335 e. The molecule has 24 heteroatoms. The molecule has 2 fully saturated rings. The third kappa shape index (κ3) is 25.2. The summed E-state index contributed by atoms with van der Waals surface area (Å²) in [5.41, 5.74) is 25.4. The summed E-state index contributed by atoms with van der Waals surface area (Å²) in [6.45, 7) is 8.98. The molecule has 0 saturated carbocycles. The predicted octanol–water partition coefficient (Wildman–Crippen LogP) is 6.48. The number of piperidine rings is 2. The van der Waals surface area contributed by atoms with E-state index in [2.05, 4.69) is 39.9 Å². The van der Waals surface area contributed by atoms with Gasteiger partial charge in [-0.15, -0.1) is 0 Å². The number of methoxy groups -OCH3 is 2. The van der Waals surface area contributed by atoms with Crippen molar-refractivity contribution in [3.63, 3.8) is 0 Å². The van der Waals surface area contributed by atoms with E-state index in [9.17, 15) is 19.2 Å². The number of rotatable bonds is 32. The van der Waals surface area contributed by atoms with Crippen LogP contribution in [0.1, 0.15) is 112 Å². The van der Waals surface area contributed by atoms with Gasteiger partial charge in [-0.05, 0) is 199 Å². The van der Waals surface area contributed by atoms with Crippen LogP contribution in [0.4, 0.5) is 0 Å². The molecular formula is C60H82N10O14. The molecule has 0 bridgehead atoms. The molecule has 0 aromatic heterocycles. The minimum Gasteiger partial charge on any atom is -0.494 e. The highest BCUT2D eigenvalue weighted by Gasteiger charge is 2.21. The summed E-state index contributed by atoms with van der Waals surface area (Å²) in [5, 5.41) is 30.7. The zero-order valence-electron chi connectivity index (χ0n) is 48.1. The first kappa shape index (κ1) is 66.2. The van der Waals surface area contributed by atoms with E-state index in [1.54, 1.807) is 72.8 Å². The first-order valence-corrected chi connectivity index (χ1v) is 28.3. The van der Waals surface area contributed by atoms with E-state index in [0.29, 0.717) is 60.3 Å². The van der Waals surface area contributed by atoms with Crippen molar-refractivity contribution in [1.29, 1.82) is 0 Å². The molecule has 2 saturated heterocycles. The number of nitrogens with two attached hydrogens (primary N) is 4. The fourth-order valence-corrected chi connectivity index (χ4v) is 9.09. The topological polar surface area (TPSA) is 343 Å². The predicted molar refractivity (Wildman–Crippen MR) is 315 cm³/mol. The van der Waals surface area contributed by atoms with Crippen LogP contribution in [-0.4, -0.2) is 147 Å². The molecule has 84 heavy (non-hydrogen) atoms. The van der Waals surface area contributed by atoms with Crippen molar-refractivity contribution in [1.82, 2.24) is 9.80 Å². The number of ether oxygens (including phenoxy) is 6. The Morgan fingerprint density at radius 2 is 0.702 bits per heavy atom. The van der Waals surface area contributed by atoms with Crippen molar-refractivity contribution in [3.8, 4) is 23.0 Å². The monoisotopic (exact) mass is 1170 g/mol. The van der Waals surface area contributed by atoms with Crippen LogP contribution in [0.15, 0.2) is 118 Å². The molecule has 0 amide bonds. The lowest BCUT2D eigenvalue weighted by molar-refractivity contribution is -0.149. The zero-order valence-corrected chi connectivity index (χ0v) is 48.1. The van der Waals surface area contributed by atoms with E-state index in [0.717, 1.165) is 107 Å². The number of nitrogens with zero attached hydrogens (tertiary/aromatic N) is 6. The van der Waals surface area contributed by atoms with Gasteiger partial charge in [0.2, 0.25) is 0 Å². The van der Waals surface area contributed by atoms with Crippen LogP contribution in [0.25, 0.3) is 0 Å². The van der Waals surface area contributed by atoms with Crippen molar-refractivity contribution in [2.24, 2.45) is 55.4 Å². The molecule has 0 aliphatic carbocycles. The van der Waals surface area contributed by atoms with Gasteiger partial charge in [0.1, 0.15) is 23.0 Å². The average Bonchev–Trinajstić information content (AvgIpc) is 3.62. The third-order valence-corrected chi connectivity index (χ3v) is 14.1. The molecule has 4 aromatic carbocycles. The SMILES string of the molecule is COC(=O)CCC(=O)O/N=C(\N)c1ccc(OCCCC2CCN(CCCOc3ccc(/C(N)=N/OC(=O)CCC(=O)OC)cc3)CC2)cc1.N/C(=N\O)c1ccc(OCCCC2CCN(CCCOc3ccc(/C(N)=N\O)cc3)CC2)cc1. The molecule has 10 N–H and O–H groups in total. The van der Waals surface area contributed by atoms with E-state index in [-0.39, 0.29) is 49.0 Å². The van der Waals surface area contributed by atoms with E-state index in [1.165, 1.54) is 33.5 Å². The standard InChI is InChI=1S/C35H47N5O10.C25H35N5O4/c1-45-30(41)14-16-32(43)49-38-34(36)26-6-10-28(11-7-26)47-23-3-5-25-18-21-40(22-19-25)20-4-24-48-29-12-8-27(9-13-29)35(37)39-50-33(44)17-15-31(42)46-2;26-24(28-31)20-4-8-22(9-5-20)33-17-1-3-19-12-15-30(16-13-19)14-2-18-34-23-10-6-21(7-11-23)25(27)29-32/h6-13,25H,3-5,14-24H2,1-2H3,(H2,36,38)(H2,37,39);4-11,19,31-32H,1-3,12-18H2,(H2,26,28)(H2,27,29). The van der Waals surface area contributed by atoms with Crippen LogP contribution in [0.2, 0.25) is 0 Å². The van der Waals surface area contributed by atoms with Crippen LogP contribution in [0.3, 0.4) is 0 Å². The number of benzene rings is 4. The van der Waals surface area contributed by atoms with Gasteiger partial charge in [0.25, 0.3) is 0 Å². The van der Waals surface area contributed by atoms with Crippen molar-refractivity contribution in [3.05, 3.63) is 119 Å². The number of esters is 2. The van der Waals surface area contributed by atoms with E-state index < -0.39 is 23.9 Å². The van der Waals surface area contributed by atoms with Crippen molar-refractivity contribution in [2.75, 3.05) is 79.9 Å². The van der Waals surface area contributed by atoms with Gasteiger partial charge in [-0.2, -0.15) is 0 Å². The van der Waals surface area contributed by atoms with Gasteiger partial charge >= 0.3 is 23.9 Å². The molecule has 0 spiro atoms. The number of carbonyl (C=O) groups is 4. The van der Waals surface area contributed by atoms with Crippen LogP contribution in [0.5, 0.6) is 23.0 Å². The van der Waals surface area contributed by atoms with Gasteiger partial charge in [-0.3, -0.25) is 9.59 Å². The largest absolute Gasteiger partial charge is 0.494 e. The van der Waals surface area contributed by atoms with E-state index in [4.69, 9.17) is 62.0 Å². The summed E-state index contributed by atoms with van der Waals surface area (Å²) in [6, 6.07) is 28.6. The molecule has 6 rings (SSSR count). The van der Waals surface area contributed by atoms with Gasteiger partial charge in [0.15, 0.2) is 23.3 Å². The van der Waals surface area contributed by atoms with Crippen LogP contribution < -0.4 is 41.9 Å². The van der Waals surface area contributed by atoms with Gasteiger partial charge in [-0.25, -0.2) is 9.59 Å². The first-order valence-electron chi connectivity index (χ1n) is 28.3. The minimum absolute atomic E-state index is 0.0392. The highest BCUT2D eigenvalue weighted by molar-refractivity contribution is 5.99. The quantitative estimate of drug-likeness (QED) is 0.00580. The summed E-state index contributed by atoms with van der Waals surface area (Å²) in [7, 11) is 2.49. The molecular weight excluding hydrogens is 1080 g/mol. The number of likely N-dealkylation sites (tertiary alicyclic amines) is 2. The average molecular weight is 1170 g/mol. The molecule has 2 heterocycles. The Labute approximate surface area is 490 Å². The fraction of sp³-hybridized carbons (Fsp3) is 0.467. The Morgan fingerprint density at radius 3 is 0.988 bits per heavy atom. The van der Waals surface area contributed by atoms with Crippen LogP contribution in [-0.2, 0) is 38.3 Å². The highest BCUT2D eigenvalue weighted by Crippen LogP contribution is 2.25. The lowest BCUT2D eigenvalue weighted by Crippen LogP contribution is -2.35. The van der Waals surface area contributed by atoms with Gasteiger partial charge in [0, 0.05) is 35.3 Å². The molecule has 4 aromatic rings. The summed E-state index contributed by atoms with van der Waals surface area (Å²) in [4.78, 5) is 60.0. The first-order chi connectivity index (χ1) is 40.7. The van der Waals surface area contributed by atoms with Gasteiger partial charge in [0.05, 0.1) is 66.3 Å². The highest BCUT2D eigenvalue weighted by atomic mass is 16.7. The maximum absolute atomic E-state index is 11.7. The van der Waals surface area contributed by atoms with Gasteiger partial charge in [-0.1, -0.05) is 20.6 Å². The lowest BCUT2D eigenvalue weighted by Gasteiger charge is -2.32. The molecule has 24 nitrogen and oxygen atoms in total. The number of hydrogen-bond donors (Lipinski definition) is 6. The normalized spacial score (nSPS) is 14.8. The molecule has 456 valence electrons. The molecule has 2 aliphatic heterocycles. The Balaban J connectivity index is 0.000000330. The summed E-state index contributed by atoms with van der Waals surface area (Å²) in [6.07, 6.45) is 10.5. The maximum Gasteiger partial charge on any atom is 0.335 e. The Morgan fingerprint density at radius 1 is 0.429 bits per heavy atom. The molecule has 0 radical (unpaired) electrons. The second-order valence-electron chi connectivity index (χ2n) is 20.1. The van der Waals surface area contributed by atoms with Crippen molar-refractivity contribution in [2.45, 2.75) is 89.9 Å². The second-order valence-corrected chi connectivity index (χ2v) is 20.1. The summed E-state index contributed by atoms with van der Waals surface area (Å²) < 4.78 is 32.4. The Hall–Kier alpha value is -8.64. The number of hydrogen-bond acceptors (Lipinski definition) is 20. The third-order valence-electron chi connectivity index (χ3n) is 14.1. The van der Waals surface area contributed by atoms with Crippen LogP contribution in [0, 0.1) is 11.8 Å². The second kappa shape index (κ2) is 37.5. The molecule has 2 aliphatic rings. The fourth-order valence-electron chi connectivity index (χ4n) is 9.09. The van der Waals surface area contributed by atoms with Crippen LogP contribution >= 0.6 is 0 Å². The van der Waals surface area contributed by atoms with Gasteiger partial charge < -0.3 is 81.2 Å². The van der Waals surface area contributed by atoms with Crippen molar-refractivity contribution >= 4 is 47.2 Å². The number of carbonyl (C=O) groups excluding carboxylic acids is 4. The summed E-state index contributed by atoms with van der Waals surface area (Å²) in [5.74, 6) is 2.35. The van der Waals surface area contributed by atoms with E-state index >= 15 is 0 Å². The van der Waals surface area contributed by atoms with E-state index in [1.807, 2.05) is 24.3 Å².